The van der Waals surface area contributed by atoms with Gasteiger partial charge in [-0.15, -0.1) is 0 Å². The van der Waals surface area contributed by atoms with Gasteiger partial charge in [0.15, 0.2) is 0 Å². The monoisotopic (exact) mass is 282 g/mol. The van der Waals surface area contributed by atoms with E-state index in [1.54, 1.807) is 0 Å². The van der Waals surface area contributed by atoms with Crippen LogP contribution in [-0.2, 0) is 9.53 Å². The first-order chi connectivity index (χ1) is 9.79. The highest BCUT2D eigenvalue weighted by molar-refractivity contribution is 5.76. The van der Waals surface area contributed by atoms with Crippen molar-refractivity contribution in [2.75, 3.05) is 26.3 Å². The molecule has 0 aromatic carbocycles. The van der Waals surface area contributed by atoms with E-state index in [4.69, 9.17) is 4.74 Å². The lowest BCUT2D eigenvalue weighted by Crippen LogP contribution is -2.51. The Morgan fingerprint density at radius 3 is 2.75 bits per heavy atom. The van der Waals surface area contributed by atoms with E-state index in [9.17, 15) is 4.79 Å². The number of carbonyl (C=O) groups is 1. The fourth-order valence-corrected chi connectivity index (χ4v) is 3.51. The van der Waals surface area contributed by atoms with Crippen LogP contribution >= 0.6 is 0 Å². The molecule has 1 saturated carbocycles. The van der Waals surface area contributed by atoms with Crippen molar-refractivity contribution in [1.82, 2.24) is 10.2 Å². The Morgan fingerprint density at radius 2 is 2.00 bits per heavy atom. The van der Waals surface area contributed by atoms with E-state index in [0.29, 0.717) is 25.7 Å². The Balaban J connectivity index is 1.71. The molecule has 1 saturated heterocycles. The van der Waals surface area contributed by atoms with Crippen LogP contribution in [0, 0.1) is 0 Å². The molecule has 0 spiro atoms. The van der Waals surface area contributed by atoms with Gasteiger partial charge in [-0.3, -0.25) is 9.69 Å². The minimum Gasteiger partial charge on any atom is -0.381 e. The molecule has 2 aliphatic rings. The molecule has 0 aromatic rings. The molecule has 1 heterocycles. The normalized spacial score (nSPS) is 25.6. The Hall–Kier alpha value is -0.610. The molecule has 0 unspecified atom stereocenters. The minimum atomic E-state index is 0.147. The number of piperidine rings is 1. The second-order valence-corrected chi connectivity index (χ2v) is 6.14. The fraction of sp³-hybridized carbons (Fsp3) is 0.938. The summed E-state index contributed by atoms with van der Waals surface area (Å²) in [6, 6.07) is 1.12. The van der Waals surface area contributed by atoms with Gasteiger partial charge in [0.1, 0.15) is 0 Å². The average Bonchev–Trinajstić information content (AvgIpc) is 2.49. The van der Waals surface area contributed by atoms with Gasteiger partial charge in [0.25, 0.3) is 0 Å². The average molecular weight is 282 g/mol. The van der Waals surface area contributed by atoms with Crippen molar-refractivity contribution in [2.45, 2.75) is 70.4 Å². The van der Waals surface area contributed by atoms with Crippen LogP contribution in [-0.4, -0.2) is 49.2 Å². The molecule has 1 N–H and O–H groups in total. The predicted octanol–water partition coefficient (Wildman–Crippen LogP) is 2.33. The fourth-order valence-electron chi connectivity index (χ4n) is 3.51. The molecule has 1 aliphatic heterocycles. The lowest BCUT2D eigenvalue weighted by atomic mass is 9.92. The molecule has 116 valence electrons. The lowest BCUT2D eigenvalue weighted by molar-refractivity contribution is -0.123. The van der Waals surface area contributed by atoms with E-state index in [-0.39, 0.29) is 5.91 Å². The van der Waals surface area contributed by atoms with Crippen molar-refractivity contribution in [3.8, 4) is 0 Å². The van der Waals surface area contributed by atoms with Gasteiger partial charge in [-0.2, -0.15) is 0 Å². The maximum Gasteiger partial charge on any atom is 0.222 e. The van der Waals surface area contributed by atoms with Crippen LogP contribution in [0.3, 0.4) is 0 Å². The molecule has 0 aromatic heterocycles. The first-order valence-electron chi connectivity index (χ1n) is 8.40. The molecule has 2 rings (SSSR count). The standard InChI is InChI=1S/C16H30N2O2/c1-2-20-12-10-16(19)17-14-7-6-11-18(13-14)15-8-4-3-5-9-15/h14-15H,2-13H2,1H3,(H,17,19)/t14-/m0/s1. The quantitative estimate of drug-likeness (QED) is 0.760. The van der Waals surface area contributed by atoms with Gasteiger partial charge in [0.2, 0.25) is 5.91 Å². The molecular weight excluding hydrogens is 252 g/mol. The van der Waals surface area contributed by atoms with E-state index in [0.717, 1.165) is 19.0 Å². The number of likely N-dealkylation sites (tertiary alicyclic amines) is 1. The highest BCUT2D eigenvalue weighted by Gasteiger charge is 2.27. The summed E-state index contributed by atoms with van der Waals surface area (Å²) in [5.74, 6) is 0.147. The van der Waals surface area contributed by atoms with Crippen LogP contribution < -0.4 is 5.32 Å². The van der Waals surface area contributed by atoms with Crippen molar-refractivity contribution in [3.05, 3.63) is 0 Å². The number of nitrogens with one attached hydrogen (secondary N) is 1. The number of nitrogens with zero attached hydrogens (tertiary/aromatic N) is 1. The largest absolute Gasteiger partial charge is 0.381 e. The van der Waals surface area contributed by atoms with Gasteiger partial charge in [-0.25, -0.2) is 0 Å². The predicted molar refractivity (Wildman–Crippen MR) is 80.7 cm³/mol. The van der Waals surface area contributed by atoms with Gasteiger partial charge < -0.3 is 10.1 Å². The van der Waals surface area contributed by atoms with Crippen LogP contribution in [0.25, 0.3) is 0 Å². The maximum atomic E-state index is 11.9. The molecule has 4 nitrogen and oxygen atoms in total. The molecule has 1 atom stereocenters. The minimum absolute atomic E-state index is 0.147. The smallest absolute Gasteiger partial charge is 0.222 e. The van der Waals surface area contributed by atoms with E-state index >= 15 is 0 Å². The third kappa shape index (κ3) is 5.06. The van der Waals surface area contributed by atoms with Gasteiger partial charge >= 0.3 is 0 Å². The summed E-state index contributed by atoms with van der Waals surface area (Å²) in [7, 11) is 0. The maximum absolute atomic E-state index is 11.9. The van der Waals surface area contributed by atoms with Crippen LogP contribution in [0.5, 0.6) is 0 Å². The third-order valence-corrected chi connectivity index (χ3v) is 4.59. The van der Waals surface area contributed by atoms with Gasteiger partial charge in [0, 0.05) is 31.7 Å². The molecule has 0 bridgehead atoms. The Kier molecular flexibility index (Phi) is 6.80. The molecule has 0 radical (unpaired) electrons. The van der Waals surface area contributed by atoms with E-state index in [1.807, 2.05) is 6.92 Å². The molecule has 1 amide bonds. The lowest BCUT2D eigenvalue weighted by Gasteiger charge is -2.40. The SMILES string of the molecule is CCOCCC(=O)N[C@H]1CCCN(C2CCCCC2)C1. The molecule has 4 heteroatoms. The van der Waals surface area contributed by atoms with Gasteiger partial charge in [-0.1, -0.05) is 19.3 Å². The van der Waals surface area contributed by atoms with E-state index in [1.165, 1.54) is 45.1 Å². The third-order valence-electron chi connectivity index (χ3n) is 4.59. The van der Waals surface area contributed by atoms with Crippen LogP contribution in [0.2, 0.25) is 0 Å². The number of carbonyl (C=O) groups excluding carboxylic acids is 1. The number of rotatable bonds is 6. The van der Waals surface area contributed by atoms with Crippen LogP contribution in [0.4, 0.5) is 0 Å². The first kappa shape index (κ1) is 15.8. The van der Waals surface area contributed by atoms with Crippen LogP contribution in [0.15, 0.2) is 0 Å². The molecular formula is C16H30N2O2. The summed E-state index contributed by atoms with van der Waals surface area (Å²) >= 11 is 0. The molecule has 1 aliphatic carbocycles. The second kappa shape index (κ2) is 8.63. The highest BCUT2D eigenvalue weighted by atomic mass is 16.5. The summed E-state index contributed by atoms with van der Waals surface area (Å²) in [4.78, 5) is 14.5. The summed E-state index contributed by atoms with van der Waals surface area (Å²) in [6.45, 7) is 5.45. The zero-order valence-corrected chi connectivity index (χ0v) is 12.9. The topological polar surface area (TPSA) is 41.6 Å². The zero-order valence-electron chi connectivity index (χ0n) is 12.9. The number of hydrogen-bond donors (Lipinski definition) is 1. The van der Waals surface area contributed by atoms with E-state index in [2.05, 4.69) is 10.2 Å². The summed E-state index contributed by atoms with van der Waals surface area (Å²) < 4.78 is 5.24. The number of hydrogen-bond acceptors (Lipinski definition) is 3. The van der Waals surface area contributed by atoms with Crippen molar-refractivity contribution >= 4 is 5.91 Å². The van der Waals surface area contributed by atoms with Crippen molar-refractivity contribution in [1.29, 1.82) is 0 Å². The van der Waals surface area contributed by atoms with Crippen molar-refractivity contribution < 1.29 is 9.53 Å². The van der Waals surface area contributed by atoms with Gasteiger partial charge in [0.05, 0.1) is 6.61 Å². The van der Waals surface area contributed by atoms with Crippen molar-refractivity contribution in [2.24, 2.45) is 0 Å². The Bertz CT molecular complexity index is 290. The summed E-state index contributed by atoms with van der Waals surface area (Å²) in [5.41, 5.74) is 0. The first-order valence-corrected chi connectivity index (χ1v) is 8.40. The van der Waals surface area contributed by atoms with E-state index < -0.39 is 0 Å². The number of ether oxygens (including phenoxy) is 1. The zero-order chi connectivity index (χ0) is 14.2. The highest BCUT2D eigenvalue weighted by Crippen LogP contribution is 2.25. The second-order valence-electron chi connectivity index (χ2n) is 6.14. The van der Waals surface area contributed by atoms with Gasteiger partial charge in [-0.05, 0) is 39.2 Å². The Labute approximate surface area is 123 Å². The summed E-state index contributed by atoms with van der Waals surface area (Å²) in [5, 5.41) is 3.19. The summed E-state index contributed by atoms with van der Waals surface area (Å²) in [6.07, 6.45) is 9.71. The molecule has 2 fully saturated rings. The Morgan fingerprint density at radius 1 is 1.20 bits per heavy atom. The molecule has 20 heavy (non-hydrogen) atoms. The number of amides is 1. The van der Waals surface area contributed by atoms with Crippen molar-refractivity contribution in [3.63, 3.8) is 0 Å². The van der Waals surface area contributed by atoms with Crippen LogP contribution in [0.1, 0.15) is 58.3 Å².